The zero-order valence-corrected chi connectivity index (χ0v) is 19.6. The molecule has 1 aliphatic heterocycles. The molecule has 4 rings (SSSR count). The van der Waals surface area contributed by atoms with Crippen LogP contribution in [0.4, 0.5) is 10.1 Å². The van der Waals surface area contributed by atoms with E-state index in [1.54, 1.807) is 23.1 Å². The second-order valence-corrected chi connectivity index (χ2v) is 10.3. The van der Waals surface area contributed by atoms with Gasteiger partial charge in [0, 0.05) is 43.5 Å². The molecule has 0 radical (unpaired) electrons. The second-order valence-electron chi connectivity index (χ2n) is 8.58. The van der Waals surface area contributed by atoms with Gasteiger partial charge in [0.2, 0.25) is 10.0 Å². The molecule has 2 fully saturated rings. The van der Waals surface area contributed by atoms with Gasteiger partial charge in [-0.15, -0.1) is 0 Å². The van der Waals surface area contributed by atoms with Gasteiger partial charge >= 0.3 is 0 Å². The molecule has 1 heterocycles. The van der Waals surface area contributed by atoms with Crippen LogP contribution in [0.3, 0.4) is 0 Å². The van der Waals surface area contributed by atoms with Crippen LogP contribution in [-0.4, -0.2) is 58.6 Å². The highest BCUT2D eigenvalue weighted by molar-refractivity contribution is 7.89. The fourth-order valence-corrected chi connectivity index (χ4v) is 6.03. The van der Waals surface area contributed by atoms with Crippen LogP contribution in [0.25, 0.3) is 0 Å². The fourth-order valence-electron chi connectivity index (χ4n) is 4.53. The number of piperazine rings is 1. The number of halogens is 1. The van der Waals surface area contributed by atoms with Crippen LogP contribution >= 0.6 is 0 Å². The maximum atomic E-state index is 13.2. The Morgan fingerprint density at radius 3 is 2.30 bits per heavy atom. The van der Waals surface area contributed by atoms with E-state index in [-0.39, 0.29) is 28.4 Å². The third-order valence-corrected chi connectivity index (χ3v) is 7.93. The van der Waals surface area contributed by atoms with E-state index in [9.17, 15) is 17.6 Å². The van der Waals surface area contributed by atoms with Gasteiger partial charge in [-0.25, -0.2) is 17.5 Å². The van der Waals surface area contributed by atoms with Gasteiger partial charge in [0.05, 0.1) is 7.11 Å². The van der Waals surface area contributed by atoms with E-state index in [4.69, 9.17) is 4.74 Å². The summed E-state index contributed by atoms with van der Waals surface area (Å²) in [6.45, 7) is 2.21. The van der Waals surface area contributed by atoms with E-state index in [2.05, 4.69) is 9.62 Å². The lowest BCUT2D eigenvalue weighted by molar-refractivity contribution is 0.0746. The number of nitrogens with one attached hydrogen (secondary N) is 1. The minimum atomic E-state index is -3.82. The number of anilines is 1. The first-order valence-electron chi connectivity index (χ1n) is 11.4. The lowest BCUT2D eigenvalue weighted by atomic mass is 9.96. The molecule has 1 saturated carbocycles. The first-order valence-corrected chi connectivity index (χ1v) is 12.9. The van der Waals surface area contributed by atoms with Gasteiger partial charge in [-0.3, -0.25) is 4.79 Å². The first-order chi connectivity index (χ1) is 15.9. The molecule has 0 bridgehead atoms. The lowest BCUT2D eigenvalue weighted by Gasteiger charge is -2.36. The number of carbonyl (C=O) groups is 1. The average molecular weight is 476 g/mol. The molecule has 1 aliphatic carbocycles. The Bertz CT molecular complexity index is 1080. The van der Waals surface area contributed by atoms with Crippen LogP contribution in [0.1, 0.15) is 42.5 Å². The monoisotopic (exact) mass is 475 g/mol. The molecule has 0 aromatic heterocycles. The molecule has 2 aliphatic rings. The molecular weight excluding hydrogens is 445 g/mol. The highest BCUT2D eigenvalue weighted by atomic mass is 32.2. The van der Waals surface area contributed by atoms with Crippen molar-refractivity contribution in [1.29, 1.82) is 0 Å². The number of benzene rings is 2. The van der Waals surface area contributed by atoms with Crippen LogP contribution < -0.4 is 14.4 Å². The molecule has 33 heavy (non-hydrogen) atoms. The summed E-state index contributed by atoms with van der Waals surface area (Å²) in [5.74, 6) is -0.280. The molecule has 1 saturated heterocycles. The van der Waals surface area contributed by atoms with Crippen molar-refractivity contribution >= 4 is 21.6 Å². The fraction of sp³-hybridized carbons (Fsp3) is 0.458. The predicted molar refractivity (Wildman–Crippen MR) is 125 cm³/mol. The summed E-state index contributed by atoms with van der Waals surface area (Å²) >= 11 is 0. The van der Waals surface area contributed by atoms with Gasteiger partial charge < -0.3 is 14.5 Å². The average Bonchev–Trinajstić information content (AvgIpc) is 2.84. The van der Waals surface area contributed by atoms with Crippen molar-refractivity contribution in [1.82, 2.24) is 9.62 Å². The summed E-state index contributed by atoms with van der Waals surface area (Å²) in [6, 6.07) is 10.8. The van der Waals surface area contributed by atoms with Crippen LogP contribution in [-0.2, 0) is 10.0 Å². The number of hydrogen-bond donors (Lipinski definition) is 1. The second kappa shape index (κ2) is 10.1. The topological polar surface area (TPSA) is 79.0 Å². The van der Waals surface area contributed by atoms with Gasteiger partial charge in [0.15, 0.2) is 0 Å². The van der Waals surface area contributed by atoms with Crippen LogP contribution in [0.15, 0.2) is 47.4 Å². The zero-order valence-electron chi connectivity index (χ0n) is 18.8. The highest BCUT2D eigenvalue weighted by Crippen LogP contribution is 2.28. The lowest BCUT2D eigenvalue weighted by Crippen LogP contribution is -2.48. The highest BCUT2D eigenvalue weighted by Gasteiger charge is 2.28. The van der Waals surface area contributed by atoms with Crippen molar-refractivity contribution in [3.8, 4) is 5.75 Å². The summed E-state index contributed by atoms with van der Waals surface area (Å²) in [5, 5.41) is 0. The summed E-state index contributed by atoms with van der Waals surface area (Å²) in [6.07, 6.45) is 4.77. The molecule has 2 aromatic rings. The largest absolute Gasteiger partial charge is 0.495 e. The van der Waals surface area contributed by atoms with Crippen LogP contribution in [0.2, 0.25) is 0 Å². The van der Waals surface area contributed by atoms with E-state index in [0.29, 0.717) is 31.7 Å². The summed E-state index contributed by atoms with van der Waals surface area (Å²) in [4.78, 5) is 17.0. The standard InChI is InChI=1S/C24H30FN3O4S/c1-32-22-12-7-18(17-23(22)33(30,31)26-20-5-3-2-4-6-20)24(29)28-15-13-27(14-16-28)21-10-8-19(25)9-11-21/h7-12,17,20,26H,2-6,13-16H2,1H3. The Morgan fingerprint density at radius 1 is 1.00 bits per heavy atom. The molecule has 0 atom stereocenters. The van der Waals surface area contributed by atoms with E-state index < -0.39 is 10.0 Å². The van der Waals surface area contributed by atoms with E-state index in [1.807, 2.05) is 0 Å². The molecule has 0 unspecified atom stereocenters. The molecule has 2 aromatic carbocycles. The van der Waals surface area contributed by atoms with E-state index >= 15 is 0 Å². The Morgan fingerprint density at radius 2 is 1.67 bits per heavy atom. The third kappa shape index (κ3) is 5.47. The van der Waals surface area contributed by atoms with Crippen LogP contribution in [0, 0.1) is 5.82 Å². The minimum Gasteiger partial charge on any atom is -0.495 e. The molecular formula is C24H30FN3O4S. The minimum absolute atomic E-state index is 0.00799. The van der Waals surface area contributed by atoms with Crippen molar-refractivity contribution < 1.29 is 22.3 Å². The van der Waals surface area contributed by atoms with Crippen molar-refractivity contribution in [3.05, 3.63) is 53.8 Å². The number of nitrogens with zero attached hydrogens (tertiary/aromatic N) is 2. The van der Waals surface area contributed by atoms with Gasteiger partial charge in [0.1, 0.15) is 16.5 Å². The number of sulfonamides is 1. The third-order valence-electron chi connectivity index (χ3n) is 6.39. The van der Waals surface area contributed by atoms with Crippen molar-refractivity contribution in [2.75, 3.05) is 38.2 Å². The quantitative estimate of drug-likeness (QED) is 0.693. The molecule has 0 spiro atoms. The SMILES string of the molecule is COc1ccc(C(=O)N2CCN(c3ccc(F)cc3)CC2)cc1S(=O)(=O)NC1CCCCC1. The van der Waals surface area contributed by atoms with Crippen molar-refractivity contribution in [2.24, 2.45) is 0 Å². The Labute approximate surface area is 194 Å². The van der Waals surface area contributed by atoms with Gasteiger partial charge in [0.25, 0.3) is 5.91 Å². The normalized spacial score (nSPS) is 17.8. The number of hydrogen-bond acceptors (Lipinski definition) is 5. The Hall–Kier alpha value is -2.65. The first kappa shape index (κ1) is 23.5. The summed E-state index contributed by atoms with van der Waals surface area (Å²) in [5.41, 5.74) is 1.23. The number of methoxy groups -OCH3 is 1. The van der Waals surface area contributed by atoms with Crippen LogP contribution in [0.5, 0.6) is 5.75 Å². The maximum absolute atomic E-state index is 13.2. The van der Waals surface area contributed by atoms with Crippen molar-refractivity contribution in [2.45, 2.75) is 43.0 Å². The Kier molecular flexibility index (Phi) is 7.19. The number of carbonyl (C=O) groups excluding carboxylic acids is 1. The maximum Gasteiger partial charge on any atom is 0.254 e. The number of rotatable bonds is 6. The molecule has 1 N–H and O–H groups in total. The van der Waals surface area contributed by atoms with Gasteiger partial charge in [-0.2, -0.15) is 0 Å². The number of amides is 1. The molecule has 7 nitrogen and oxygen atoms in total. The predicted octanol–water partition coefficient (Wildman–Crippen LogP) is 3.41. The summed E-state index contributed by atoms with van der Waals surface area (Å²) < 4.78 is 47.5. The van der Waals surface area contributed by atoms with Gasteiger partial charge in [-0.1, -0.05) is 19.3 Å². The summed E-state index contributed by atoms with van der Waals surface area (Å²) in [7, 11) is -2.40. The molecule has 9 heteroatoms. The Balaban J connectivity index is 1.47. The van der Waals surface area contributed by atoms with E-state index in [0.717, 1.165) is 37.8 Å². The number of ether oxygens (including phenoxy) is 1. The molecule has 1 amide bonds. The smallest absolute Gasteiger partial charge is 0.254 e. The zero-order chi connectivity index (χ0) is 23.4. The van der Waals surface area contributed by atoms with Gasteiger partial charge in [-0.05, 0) is 55.3 Å². The molecule has 178 valence electrons. The van der Waals surface area contributed by atoms with E-state index in [1.165, 1.54) is 31.4 Å². The van der Waals surface area contributed by atoms with Crippen molar-refractivity contribution in [3.63, 3.8) is 0 Å².